The van der Waals surface area contributed by atoms with Crippen molar-refractivity contribution in [3.8, 4) is 0 Å². The van der Waals surface area contributed by atoms with Crippen molar-refractivity contribution < 1.29 is 13.9 Å². The van der Waals surface area contributed by atoms with Crippen molar-refractivity contribution in [2.24, 2.45) is 0 Å². The average molecular weight is 291 g/mol. The number of carbonyl (C=O) groups is 1. The van der Waals surface area contributed by atoms with Crippen molar-refractivity contribution in [3.05, 3.63) is 35.5 Å². The first-order chi connectivity index (χ1) is 10.2. The molecular formula is C15H18FN3O2. The summed E-state index contributed by atoms with van der Waals surface area (Å²) in [5.74, 6) is -1.12. The lowest BCUT2D eigenvalue weighted by Crippen LogP contribution is -2.35. The van der Waals surface area contributed by atoms with Crippen LogP contribution in [0.3, 0.4) is 0 Å². The van der Waals surface area contributed by atoms with Crippen molar-refractivity contribution in [3.63, 3.8) is 0 Å². The van der Waals surface area contributed by atoms with Crippen molar-refractivity contribution in [2.75, 3.05) is 13.2 Å². The second kappa shape index (κ2) is 5.81. The molecule has 0 aliphatic carbocycles. The molecule has 1 fully saturated rings. The third-order valence-electron chi connectivity index (χ3n) is 3.76. The van der Waals surface area contributed by atoms with Crippen molar-refractivity contribution in [2.45, 2.75) is 32.3 Å². The normalized spacial score (nSPS) is 18.9. The molecule has 1 atom stereocenters. The molecule has 6 heteroatoms. The summed E-state index contributed by atoms with van der Waals surface area (Å²) < 4.78 is 21.2. The zero-order valence-electron chi connectivity index (χ0n) is 11.9. The predicted molar refractivity (Wildman–Crippen MR) is 75.8 cm³/mol. The minimum absolute atomic E-state index is 0.0181. The highest BCUT2D eigenvalue weighted by Crippen LogP contribution is 2.15. The van der Waals surface area contributed by atoms with Crippen molar-refractivity contribution in [1.82, 2.24) is 14.7 Å². The molecule has 2 aromatic heterocycles. The second-order valence-corrected chi connectivity index (χ2v) is 5.31. The summed E-state index contributed by atoms with van der Waals surface area (Å²) in [6.45, 7) is 2.89. The molecule has 21 heavy (non-hydrogen) atoms. The third kappa shape index (κ3) is 2.76. The van der Waals surface area contributed by atoms with Gasteiger partial charge in [0.2, 0.25) is 5.95 Å². The highest BCUT2D eigenvalue weighted by molar-refractivity contribution is 5.93. The molecule has 1 aliphatic heterocycles. The number of rotatable bonds is 3. The SMILES string of the molecule is Cc1cccc2nc(C(=O)NC[C@H]3CCCCO3)c(F)n12. The molecular weight excluding hydrogens is 273 g/mol. The van der Waals surface area contributed by atoms with Gasteiger partial charge in [-0.15, -0.1) is 0 Å². The number of fused-ring (bicyclic) bond motifs is 1. The van der Waals surface area contributed by atoms with Gasteiger partial charge in [0.15, 0.2) is 5.69 Å². The molecule has 0 unspecified atom stereocenters. The second-order valence-electron chi connectivity index (χ2n) is 5.31. The quantitative estimate of drug-likeness (QED) is 0.942. The van der Waals surface area contributed by atoms with Crippen LogP contribution in [-0.4, -0.2) is 34.5 Å². The minimum Gasteiger partial charge on any atom is -0.376 e. The molecule has 0 bridgehead atoms. The molecule has 0 spiro atoms. The summed E-state index contributed by atoms with van der Waals surface area (Å²) in [5, 5.41) is 2.71. The van der Waals surface area contributed by atoms with Crippen molar-refractivity contribution >= 4 is 11.6 Å². The van der Waals surface area contributed by atoms with Gasteiger partial charge >= 0.3 is 0 Å². The Hall–Kier alpha value is -1.95. The number of aromatic nitrogens is 2. The van der Waals surface area contributed by atoms with Gasteiger partial charge in [-0.1, -0.05) is 6.07 Å². The smallest absolute Gasteiger partial charge is 0.274 e. The van der Waals surface area contributed by atoms with Gasteiger partial charge < -0.3 is 10.1 Å². The minimum atomic E-state index is -0.620. The van der Waals surface area contributed by atoms with Gasteiger partial charge in [0.05, 0.1) is 6.10 Å². The van der Waals surface area contributed by atoms with E-state index in [-0.39, 0.29) is 11.8 Å². The summed E-state index contributed by atoms with van der Waals surface area (Å²) in [6.07, 6.45) is 3.10. The Morgan fingerprint density at radius 3 is 3.10 bits per heavy atom. The Morgan fingerprint density at radius 2 is 2.38 bits per heavy atom. The molecule has 5 nitrogen and oxygen atoms in total. The predicted octanol–water partition coefficient (Wildman–Crippen LogP) is 2.08. The first-order valence-electron chi connectivity index (χ1n) is 7.20. The van der Waals surface area contributed by atoms with E-state index in [1.165, 1.54) is 4.40 Å². The topological polar surface area (TPSA) is 55.6 Å². The molecule has 0 radical (unpaired) electrons. The van der Waals surface area contributed by atoms with Crippen LogP contribution < -0.4 is 5.32 Å². The molecule has 3 heterocycles. The number of pyridine rings is 1. The van der Waals surface area contributed by atoms with E-state index < -0.39 is 11.9 Å². The molecule has 3 rings (SSSR count). The summed E-state index contributed by atoms with van der Waals surface area (Å²) in [4.78, 5) is 16.2. The first kappa shape index (κ1) is 14.0. The molecule has 112 valence electrons. The lowest BCUT2D eigenvalue weighted by atomic mass is 10.1. The maximum atomic E-state index is 14.3. The Labute approximate surface area is 122 Å². The van der Waals surface area contributed by atoms with Crippen LogP contribution in [0.25, 0.3) is 5.65 Å². The summed E-state index contributed by atoms with van der Waals surface area (Å²) >= 11 is 0. The van der Waals surface area contributed by atoms with E-state index in [1.807, 2.05) is 0 Å². The molecule has 1 amide bonds. The lowest BCUT2D eigenvalue weighted by Gasteiger charge is -2.22. The highest BCUT2D eigenvalue weighted by atomic mass is 19.1. The number of nitrogens with zero attached hydrogens (tertiary/aromatic N) is 2. The molecule has 2 aromatic rings. The Morgan fingerprint density at radius 1 is 1.52 bits per heavy atom. The number of amides is 1. The third-order valence-corrected chi connectivity index (χ3v) is 3.76. The Balaban J connectivity index is 1.75. The number of hydrogen-bond donors (Lipinski definition) is 1. The molecule has 1 aliphatic rings. The van der Waals surface area contributed by atoms with E-state index in [2.05, 4.69) is 10.3 Å². The van der Waals surface area contributed by atoms with Crippen LogP contribution >= 0.6 is 0 Å². The average Bonchev–Trinajstić information content (AvgIpc) is 2.84. The van der Waals surface area contributed by atoms with Crippen LogP contribution in [0.15, 0.2) is 18.2 Å². The summed E-state index contributed by atoms with van der Waals surface area (Å²) in [5.41, 5.74) is 0.971. The zero-order chi connectivity index (χ0) is 14.8. The molecule has 1 saturated heterocycles. The zero-order valence-corrected chi connectivity index (χ0v) is 11.9. The first-order valence-corrected chi connectivity index (χ1v) is 7.20. The Kier molecular flexibility index (Phi) is 3.88. The molecule has 0 saturated carbocycles. The number of aryl methyl sites for hydroxylation is 1. The van der Waals surface area contributed by atoms with Crippen LogP contribution in [0, 0.1) is 12.9 Å². The van der Waals surface area contributed by atoms with Crippen molar-refractivity contribution in [1.29, 1.82) is 0 Å². The molecule has 1 N–H and O–H groups in total. The van der Waals surface area contributed by atoms with E-state index in [0.29, 0.717) is 17.9 Å². The van der Waals surface area contributed by atoms with Gasteiger partial charge in [0, 0.05) is 18.8 Å². The fourth-order valence-electron chi connectivity index (χ4n) is 2.62. The number of nitrogens with one attached hydrogen (secondary N) is 1. The van der Waals surface area contributed by atoms with E-state index in [9.17, 15) is 9.18 Å². The fraction of sp³-hybridized carbons (Fsp3) is 0.467. The number of halogens is 1. The Bertz CT molecular complexity index is 662. The van der Waals surface area contributed by atoms with Gasteiger partial charge in [0.1, 0.15) is 5.65 Å². The van der Waals surface area contributed by atoms with Gasteiger partial charge in [-0.25, -0.2) is 4.98 Å². The fourth-order valence-corrected chi connectivity index (χ4v) is 2.62. The van der Waals surface area contributed by atoms with Crippen LogP contribution in [0.5, 0.6) is 0 Å². The standard InChI is InChI=1S/C15H18FN3O2/c1-10-5-4-7-12-18-13(14(16)19(10)12)15(20)17-9-11-6-2-3-8-21-11/h4-5,7,11H,2-3,6,8-9H2,1H3,(H,17,20)/t11-/m1/s1. The number of carbonyl (C=O) groups excluding carboxylic acids is 1. The summed E-state index contributed by atoms with van der Waals surface area (Å²) in [7, 11) is 0. The van der Waals surface area contributed by atoms with E-state index in [4.69, 9.17) is 4.74 Å². The highest BCUT2D eigenvalue weighted by Gasteiger charge is 2.21. The maximum Gasteiger partial charge on any atom is 0.274 e. The lowest BCUT2D eigenvalue weighted by molar-refractivity contribution is 0.0168. The number of imidazole rings is 1. The van der Waals surface area contributed by atoms with E-state index >= 15 is 0 Å². The number of ether oxygens (including phenoxy) is 1. The van der Waals surface area contributed by atoms with Gasteiger partial charge in [-0.05, 0) is 38.3 Å². The largest absolute Gasteiger partial charge is 0.376 e. The van der Waals surface area contributed by atoms with Gasteiger partial charge in [0.25, 0.3) is 5.91 Å². The monoisotopic (exact) mass is 291 g/mol. The van der Waals surface area contributed by atoms with Crippen LogP contribution in [-0.2, 0) is 4.74 Å². The van der Waals surface area contributed by atoms with Crippen LogP contribution in [0.1, 0.15) is 35.4 Å². The van der Waals surface area contributed by atoms with Gasteiger partial charge in [-0.3, -0.25) is 9.20 Å². The molecule has 0 aromatic carbocycles. The van der Waals surface area contributed by atoms with Crippen LogP contribution in [0.4, 0.5) is 4.39 Å². The van der Waals surface area contributed by atoms with Gasteiger partial charge in [-0.2, -0.15) is 4.39 Å². The summed E-state index contributed by atoms with van der Waals surface area (Å²) in [6, 6.07) is 5.24. The van der Waals surface area contributed by atoms with E-state index in [1.54, 1.807) is 25.1 Å². The number of hydrogen-bond acceptors (Lipinski definition) is 3. The van der Waals surface area contributed by atoms with E-state index in [0.717, 1.165) is 25.9 Å². The van der Waals surface area contributed by atoms with Crippen LogP contribution in [0.2, 0.25) is 0 Å². The maximum absolute atomic E-state index is 14.3.